The SMILES string of the molecule is N#Cc1ccccc1OCCOc1cc(F)ccc1Br. The molecule has 0 heterocycles. The van der Waals surface area contributed by atoms with Crippen LogP contribution in [0.3, 0.4) is 0 Å². The second-order valence-corrected chi connectivity index (χ2v) is 4.73. The lowest BCUT2D eigenvalue weighted by Crippen LogP contribution is -2.10. The molecule has 0 atom stereocenters. The Hall–Kier alpha value is -2.06. The third-order valence-corrected chi connectivity index (χ3v) is 3.15. The zero-order valence-electron chi connectivity index (χ0n) is 10.5. The van der Waals surface area contributed by atoms with Crippen molar-refractivity contribution in [3.63, 3.8) is 0 Å². The summed E-state index contributed by atoms with van der Waals surface area (Å²) < 4.78 is 24.6. The maximum absolute atomic E-state index is 13.1. The van der Waals surface area contributed by atoms with Crippen molar-refractivity contribution in [3.05, 3.63) is 58.3 Å². The highest BCUT2D eigenvalue weighted by molar-refractivity contribution is 9.10. The summed E-state index contributed by atoms with van der Waals surface area (Å²) in [4.78, 5) is 0. The van der Waals surface area contributed by atoms with Gasteiger partial charge in [-0.1, -0.05) is 12.1 Å². The molecule has 0 bridgehead atoms. The lowest BCUT2D eigenvalue weighted by atomic mass is 10.2. The Morgan fingerprint density at radius 1 is 1.05 bits per heavy atom. The molecule has 0 saturated heterocycles. The monoisotopic (exact) mass is 335 g/mol. The second-order valence-electron chi connectivity index (χ2n) is 3.88. The van der Waals surface area contributed by atoms with Crippen LogP contribution in [0.5, 0.6) is 11.5 Å². The molecule has 2 aromatic rings. The van der Waals surface area contributed by atoms with Crippen molar-refractivity contribution in [2.45, 2.75) is 0 Å². The molecule has 20 heavy (non-hydrogen) atoms. The first-order valence-corrected chi connectivity index (χ1v) is 6.70. The molecule has 0 aliphatic heterocycles. The normalized spacial score (nSPS) is 9.85. The zero-order chi connectivity index (χ0) is 14.4. The molecular formula is C15H11BrFNO2. The molecule has 102 valence electrons. The van der Waals surface area contributed by atoms with E-state index >= 15 is 0 Å². The van der Waals surface area contributed by atoms with Gasteiger partial charge in [-0.2, -0.15) is 5.26 Å². The van der Waals surface area contributed by atoms with Gasteiger partial charge in [-0.15, -0.1) is 0 Å². The minimum atomic E-state index is -0.362. The van der Waals surface area contributed by atoms with E-state index in [-0.39, 0.29) is 19.0 Å². The van der Waals surface area contributed by atoms with Crippen LogP contribution >= 0.6 is 15.9 Å². The van der Waals surface area contributed by atoms with Crippen LogP contribution in [0.2, 0.25) is 0 Å². The Bertz CT molecular complexity index is 640. The number of nitrogens with zero attached hydrogens (tertiary/aromatic N) is 1. The molecule has 0 amide bonds. The molecular weight excluding hydrogens is 325 g/mol. The predicted octanol–water partition coefficient (Wildman–Crippen LogP) is 3.92. The number of ether oxygens (including phenoxy) is 2. The van der Waals surface area contributed by atoms with Crippen LogP contribution in [0.15, 0.2) is 46.9 Å². The molecule has 0 N–H and O–H groups in total. The van der Waals surface area contributed by atoms with Crippen LogP contribution in [-0.2, 0) is 0 Å². The quantitative estimate of drug-likeness (QED) is 0.778. The van der Waals surface area contributed by atoms with Crippen LogP contribution in [0, 0.1) is 17.1 Å². The van der Waals surface area contributed by atoms with Gasteiger partial charge in [0.25, 0.3) is 0 Å². The van der Waals surface area contributed by atoms with Crippen LogP contribution in [-0.4, -0.2) is 13.2 Å². The molecule has 0 aliphatic carbocycles. The topological polar surface area (TPSA) is 42.2 Å². The van der Waals surface area contributed by atoms with E-state index in [1.165, 1.54) is 12.1 Å². The first-order chi connectivity index (χ1) is 9.70. The highest BCUT2D eigenvalue weighted by atomic mass is 79.9. The smallest absolute Gasteiger partial charge is 0.137 e. The van der Waals surface area contributed by atoms with Crippen molar-refractivity contribution in [1.29, 1.82) is 5.26 Å². The van der Waals surface area contributed by atoms with E-state index in [1.54, 1.807) is 30.3 Å². The average molecular weight is 336 g/mol. The summed E-state index contributed by atoms with van der Waals surface area (Å²) in [6.07, 6.45) is 0. The second kappa shape index (κ2) is 6.92. The van der Waals surface area contributed by atoms with Crippen LogP contribution < -0.4 is 9.47 Å². The van der Waals surface area contributed by atoms with E-state index in [9.17, 15) is 4.39 Å². The van der Waals surface area contributed by atoms with Gasteiger partial charge in [-0.25, -0.2) is 4.39 Å². The van der Waals surface area contributed by atoms with Crippen molar-refractivity contribution in [2.24, 2.45) is 0 Å². The van der Waals surface area contributed by atoms with Gasteiger partial charge in [0.2, 0.25) is 0 Å². The van der Waals surface area contributed by atoms with E-state index in [0.717, 1.165) is 0 Å². The average Bonchev–Trinajstić information content (AvgIpc) is 2.47. The van der Waals surface area contributed by atoms with E-state index in [1.807, 2.05) is 6.07 Å². The fraction of sp³-hybridized carbons (Fsp3) is 0.133. The van der Waals surface area contributed by atoms with Crippen LogP contribution in [0.25, 0.3) is 0 Å². The van der Waals surface area contributed by atoms with E-state index in [4.69, 9.17) is 14.7 Å². The summed E-state index contributed by atoms with van der Waals surface area (Å²) in [5.74, 6) is 0.568. The number of hydrogen-bond donors (Lipinski definition) is 0. The lowest BCUT2D eigenvalue weighted by molar-refractivity contribution is 0.215. The highest BCUT2D eigenvalue weighted by Gasteiger charge is 2.04. The van der Waals surface area contributed by atoms with E-state index in [0.29, 0.717) is 21.5 Å². The van der Waals surface area contributed by atoms with Gasteiger partial charge in [-0.3, -0.25) is 0 Å². The summed E-state index contributed by atoms with van der Waals surface area (Å²) in [5, 5.41) is 8.91. The summed E-state index contributed by atoms with van der Waals surface area (Å²) in [7, 11) is 0. The first-order valence-electron chi connectivity index (χ1n) is 5.90. The molecule has 5 heteroatoms. The number of rotatable bonds is 5. The fourth-order valence-corrected chi connectivity index (χ4v) is 1.94. The maximum atomic E-state index is 13.1. The van der Waals surface area contributed by atoms with Gasteiger partial charge in [0.15, 0.2) is 0 Å². The zero-order valence-corrected chi connectivity index (χ0v) is 12.1. The molecule has 2 rings (SSSR count). The lowest BCUT2D eigenvalue weighted by Gasteiger charge is -2.10. The Morgan fingerprint density at radius 2 is 1.75 bits per heavy atom. The molecule has 0 unspecified atom stereocenters. The van der Waals surface area contributed by atoms with Gasteiger partial charge >= 0.3 is 0 Å². The fourth-order valence-electron chi connectivity index (χ4n) is 1.58. The Labute approximate surface area is 124 Å². The molecule has 3 nitrogen and oxygen atoms in total. The molecule has 0 aromatic heterocycles. The van der Waals surface area contributed by atoms with Crippen molar-refractivity contribution in [3.8, 4) is 17.6 Å². The number of benzene rings is 2. The minimum absolute atomic E-state index is 0.252. The van der Waals surface area contributed by atoms with Gasteiger partial charge in [0, 0.05) is 6.07 Å². The molecule has 2 aromatic carbocycles. The molecule has 0 aliphatic rings. The summed E-state index contributed by atoms with van der Waals surface area (Å²) in [6, 6.07) is 13.2. The van der Waals surface area contributed by atoms with Crippen molar-refractivity contribution < 1.29 is 13.9 Å². The standard InChI is InChI=1S/C15H11BrFNO2/c16-13-6-5-12(17)9-15(13)20-8-7-19-14-4-2-1-3-11(14)10-18/h1-6,9H,7-8H2. The largest absolute Gasteiger partial charge is 0.489 e. The number of hydrogen-bond acceptors (Lipinski definition) is 3. The van der Waals surface area contributed by atoms with Gasteiger partial charge in [-0.05, 0) is 40.2 Å². The van der Waals surface area contributed by atoms with Gasteiger partial charge in [0.1, 0.15) is 36.6 Å². The summed E-state index contributed by atoms with van der Waals surface area (Å²) >= 11 is 3.27. The van der Waals surface area contributed by atoms with Gasteiger partial charge < -0.3 is 9.47 Å². The Balaban J connectivity index is 1.88. The highest BCUT2D eigenvalue weighted by Crippen LogP contribution is 2.25. The number of nitriles is 1. The first kappa shape index (κ1) is 14.4. The van der Waals surface area contributed by atoms with Crippen LogP contribution in [0.1, 0.15) is 5.56 Å². The summed E-state index contributed by atoms with van der Waals surface area (Å²) in [6.45, 7) is 0.517. The number of para-hydroxylation sites is 1. The molecule has 0 spiro atoms. The predicted molar refractivity (Wildman–Crippen MR) is 76.2 cm³/mol. The maximum Gasteiger partial charge on any atom is 0.137 e. The van der Waals surface area contributed by atoms with Gasteiger partial charge in [0.05, 0.1) is 10.0 Å². The van der Waals surface area contributed by atoms with Crippen molar-refractivity contribution in [1.82, 2.24) is 0 Å². The molecule has 0 radical (unpaired) electrons. The van der Waals surface area contributed by atoms with E-state index in [2.05, 4.69) is 15.9 Å². The third-order valence-electron chi connectivity index (χ3n) is 2.50. The molecule has 0 fully saturated rings. The molecule has 0 saturated carbocycles. The van der Waals surface area contributed by atoms with Crippen molar-refractivity contribution >= 4 is 15.9 Å². The van der Waals surface area contributed by atoms with Crippen LogP contribution in [0.4, 0.5) is 4.39 Å². The van der Waals surface area contributed by atoms with E-state index < -0.39 is 0 Å². The third kappa shape index (κ3) is 3.72. The van der Waals surface area contributed by atoms with Crippen molar-refractivity contribution in [2.75, 3.05) is 13.2 Å². The Kier molecular flexibility index (Phi) is 4.97. The minimum Gasteiger partial charge on any atom is -0.489 e. The number of halogens is 2. The Morgan fingerprint density at radius 3 is 2.50 bits per heavy atom. The summed E-state index contributed by atoms with van der Waals surface area (Å²) in [5.41, 5.74) is 0.472.